The van der Waals surface area contributed by atoms with Crippen LogP contribution in [0.15, 0.2) is 54.6 Å². The summed E-state index contributed by atoms with van der Waals surface area (Å²) in [6.07, 6.45) is 1.08. The van der Waals surface area contributed by atoms with E-state index in [1.807, 2.05) is 54.6 Å². The smallest absolute Gasteiger partial charge is 0.127 e. The maximum atomic E-state index is 6.22. The first-order valence-corrected chi connectivity index (χ1v) is 7.63. The SMILES string of the molecule is CC1(C)C(Cl)CC1Oc1ccc(Oc2ccccc2)cc1. The molecule has 0 amide bonds. The predicted octanol–water partition coefficient (Wildman–Crippen LogP) is 5.26. The van der Waals surface area contributed by atoms with Crippen molar-refractivity contribution in [2.45, 2.75) is 31.7 Å². The van der Waals surface area contributed by atoms with Gasteiger partial charge in [-0.15, -0.1) is 11.6 Å². The number of hydrogen-bond donors (Lipinski definition) is 0. The zero-order valence-electron chi connectivity index (χ0n) is 12.3. The molecule has 110 valence electrons. The summed E-state index contributed by atoms with van der Waals surface area (Å²) in [4.78, 5) is 0. The minimum Gasteiger partial charge on any atom is -0.490 e. The fraction of sp³-hybridized carbons (Fsp3) is 0.333. The summed E-state index contributed by atoms with van der Waals surface area (Å²) < 4.78 is 11.8. The molecule has 2 atom stereocenters. The Morgan fingerprint density at radius 3 is 2.05 bits per heavy atom. The number of para-hydroxylation sites is 1. The van der Waals surface area contributed by atoms with Crippen molar-refractivity contribution in [1.82, 2.24) is 0 Å². The van der Waals surface area contributed by atoms with Gasteiger partial charge in [0.1, 0.15) is 23.4 Å². The van der Waals surface area contributed by atoms with Crippen LogP contribution in [0.3, 0.4) is 0 Å². The summed E-state index contributed by atoms with van der Waals surface area (Å²) in [7, 11) is 0. The van der Waals surface area contributed by atoms with Gasteiger partial charge in [0, 0.05) is 17.2 Å². The molecule has 2 aromatic rings. The predicted molar refractivity (Wildman–Crippen MR) is 85.4 cm³/mol. The molecule has 2 nitrogen and oxygen atoms in total. The average Bonchev–Trinajstić information content (AvgIpc) is 2.50. The zero-order valence-corrected chi connectivity index (χ0v) is 13.0. The van der Waals surface area contributed by atoms with Gasteiger partial charge in [0.15, 0.2) is 0 Å². The Labute approximate surface area is 130 Å². The summed E-state index contributed by atoms with van der Waals surface area (Å²) >= 11 is 6.22. The number of halogens is 1. The van der Waals surface area contributed by atoms with Crippen LogP contribution < -0.4 is 9.47 Å². The molecule has 0 bridgehead atoms. The van der Waals surface area contributed by atoms with Crippen LogP contribution in [0, 0.1) is 5.41 Å². The van der Waals surface area contributed by atoms with E-state index in [1.165, 1.54) is 0 Å². The fourth-order valence-electron chi connectivity index (χ4n) is 2.41. The molecule has 21 heavy (non-hydrogen) atoms. The van der Waals surface area contributed by atoms with E-state index in [9.17, 15) is 0 Å². The van der Waals surface area contributed by atoms with Gasteiger partial charge in [-0.25, -0.2) is 0 Å². The van der Waals surface area contributed by atoms with Crippen LogP contribution in [-0.2, 0) is 0 Å². The molecule has 0 aliphatic heterocycles. The maximum absolute atomic E-state index is 6.22. The molecule has 1 saturated carbocycles. The minimum absolute atomic E-state index is 0.0285. The van der Waals surface area contributed by atoms with Crippen molar-refractivity contribution in [3.05, 3.63) is 54.6 Å². The van der Waals surface area contributed by atoms with E-state index < -0.39 is 0 Å². The lowest BCUT2D eigenvalue weighted by Gasteiger charge is -2.48. The Morgan fingerprint density at radius 2 is 1.48 bits per heavy atom. The summed E-state index contributed by atoms with van der Waals surface area (Å²) in [6.45, 7) is 4.29. The molecule has 2 aromatic carbocycles. The zero-order chi connectivity index (χ0) is 14.9. The standard InChI is InChI=1S/C18H19ClO2/c1-18(2)16(19)12-17(18)21-15-10-8-14(9-11-15)20-13-6-4-3-5-7-13/h3-11,16-17H,12H2,1-2H3. The Hall–Kier alpha value is -1.67. The molecule has 0 saturated heterocycles. The lowest BCUT2D eigenvalue weighted by molar-refractivity contribution is -0.0130. The van der Waals surface area contributed by atoms with E-state index in [2.05, 4.69) is 13.8 Å². The highest BCUT2D eigenvalue weighted by Gasteiger charge is 2.49. The number of alkyl halides is 1. The second kappa shape index (κ2) is 5.61. The number of rotatable bonds is 4. The molecule has 3 rings (SSSR count). The van der Waals surface area contributed by atoms with Crippen LogP contribution in [0.2, 0.25) is 0 Å². The first-order valence-electron chi connectivity index (χ1n) is 7.19. The van der Waals surface area contributed by atoms with Gasteiger partial charge in [-0.3, -0.25) is 0 Å². The third kappa shape index (κ3) is 3.01. The van der Waals surface area contributed by atoms with Crippen LogP contribution in [0.1, 0.15) is 20.3 Å². The molecule has 0 N–H and O–H groups in total. The second-order valence-corrected chi connectivity index (χ2v) is 6.54. The quantitative estimate of drug-likeness (QED) is 0.717. The van der Waals surface area contributed by atoms with Crippen LogP contribution in [0.5, 0.6) is 17.2 Å². The van der Waals surface area contributed by atoms with Gasteiger partial charge < -0.3 is 9.47 Å². The maximum Gasteiger partial charge on any atom is 0.127 e. The summed E-state index contributed by atoms with van der Waals surface area (Å²) in [5, 5.41) is 0.197. The van der Waals surface area contributed by atoms with Gasteiger partial charge in [-0.2, -0.15) is 0 Å². The molecule has 1 fully saturated rings. The topological polar surface area (TPSA) is 18.5 Å². The molecule has 2 unspecified atom stereocenters. The van der Waals surface area contributed by atoms with Crippen LogP contribution in [0.25, 0.3) is 0 Å². The molecule has 3 heteroatoms. The van der Waals surface area contributed by atoms with Crippen molar-refractivity contribution in [3.63, 3.8) is 0 Å². The van der Waals surface area contributed by atoms with Gasteiger partial charge >= 0.3 is 0 Å². The highest BCUT2D eigenvalue weighted by Crippen LogP contribution is 2.46. The third-order valence-electron chi connectivity index (χ3n) is 4.14. The molecule has 1 aliphatic rings. The van der Waals surface area contributed by atoms with E-state index in [0.29, 0.717) is 0 Å². The molecule has 0 heterocycles. The van der Waals surface area contributed by atoms with Crippen molar-refractivity contribution in [2.75, 3.05) is 0 Å². The summed E-state index contributed by atoms with van der Waals surface area (Å²) in [6, 6.07) is 17.5. The van der Waals surface area contributed by atoms with Crippen LogP contribution in [-0.4, -0.2) is 11.5 Å². The lowest BCUT2D eigenvalue weighted by atomic mass is 9.68. The average molecular weight is 303 g/mol. The third-order valence-corrected chi connectivity index (χ3v) is 4.88. The first-order chi connectivity index (χ1) is 10.1. The van der Waals surface area contributed by atoms with Gasteiger partial charge in [0.05, 0.1) is 0 Å². The number of ether oxygens (including phenoxy) is 2. The van der Waals surface area contributed by atoms with Crippen LogP contribution >= 0.6 is 11.6 Å². The van der Waals surface area contributed by atoms with Gasteiger partial charge in [-0.1, -0.05) is 32.0 Å². The molecular formula is C18H19ClO2. The van der Waals surface area contributed by atoms with E-state index in [4.69, 9.17) is 21.1 Å². The van der Waals surface area contributed by atoms with Crippen molar-refractivity contribution in [1.29, 1.82) is 0 Å². The van der Waals surface area contributed by atoms with Gasteiger partial charge in [0.2, 0.25) is 0 Å². The highest BCUT2D eigenvalue weighted by atomic mass is 35.5. The van der Waals surface area contributed by atoms with Crippen LogP contribution in [0.4, 0.5) is 0 Å². The molecule has 0 radical (unpaired) electrons. The largest absolute Gasteiger partial charge is 0.490 e. The molecular weight excluding hydrogens is 284 g/mol. The normalized spacial score (nSPS) is 23.2. The Morgan fingerprint density at radius 1 is 0.905 bits per heavy atom. The summed E-state index contributed by atoms with van der Waals surface area (Å²) in [5.41, 5.74) is 0.0285. The summed E-state index contributed by atoms with van der Waals surface area (Å²) in [5.74, 6) is 2.49. The van der Waals surface area contributed by atoms with E-state index in [0.717, 1.165) is 23.7 Å². The van der Waals surface area contributed by atoms with E-state index in [-0.39, 0.29) is 16.9 Å². The first kappa shape index (κ1) is 14.3. The van der Waals surface area contributed by atoms with Crippen molar-refractivity contribution >= 4 is 11.6 Å². The van der Waals surface area contributed by atoms with Gasteiger partial charge in [-0.05, 0) is 36.4 Å². The monoisotopic (exact) mass is 302 g/mol. The highest BCUT2D eigenvalue weighted by molar-refractivity contribution is 6.21. The molecule has 0 spiro atoms. The Kier molecular flexibility index (Phi) is 3.81. The minimum atomic E-state index is 0.0285. The lowest BCUT2D eigenvalue weighted by Crippen LogP contribution is -2.53. The van der Waals surface area contributed by atoms with Gasteiger partial charge in [0.25, 0.3) is 0 Å². The van der Waals surface area contributed by atoms with E-state index >= 15 is 0 Å². The molecule has 1 aliphatic carbocycles. The van der Waals surface area contributed by atoms with Crippen molar-refractivity contribution < 1.29 is 9.47 Å². The van der Waals surface area contributed by atoms with Crippen molar-refractivity contribution in [2.24, 2.45) is 5.41 Å². The molecule has 0 aromatic heterocycles. The fourth-order valence-corrected chi connectivity index (χ4v) is 2.71. The second-order valence-electron chi connectivity index (χ2n) is 6.02. The Bertz CT molecular complexity index is 592. The van der Waals surface area contributed by atoms with E-state index in [1.54, 1.807) is 0 Å². The number of hydrogen-bond acceptors (Lipinski definition) is 2. The number of benzene rings is 2. The Balaban J connectivity index is 1.62. The van der Waals surface area contributed by atoms with Crippen molar-refractivity contribution in [3.8, 4) is 17.2 Å².